The molecule has 0 heterocycles. The maximum Gasteiger partial charge on any atom is 0.341 e. The number of sulfone groups is 1. The summed E-state index contributed by atoms with van der Waals surface area (Å²) >= 11 is 0. The van der Waals surface area contributed by atoms with E-state index in [4.69, 9.17) is 0 Å². The lowest BCUT2D eigenvalue weighted by Gasteiger charge is -2.29. The molecule has 0 spiro atoms. The number of halogens is 2. The molecule has 0 saturated carbocycles. The van der Waals surface area contributed by atoms with Gasteiger partial charge in [-0.1, -0.05) is 26.0 Å². The van der Waals surface area contributed by atoms with Gasteiger partial charge in [-0.2, -0.15) is 8.78 Å². The number of alkyl halides is 2. The molecule has 120 valence electrons. The SMILES string of the molecule is CN(C)CC(C)(C)CNc1ccccc1S(=O)(=O)C(F)F. The normalized spacial score (nSPS) is 13.0. The first kappa shape index (κ1) is 17.8. The van der Waals surface area contributed by atoms with Crippen molar-refractivity contribution in [2.45, 2.75) is 24.5 Å². The number of nitrogens with zero attached hydrogens (tertiary/aromatic N) is 1. The Morgan fingerprint density at radius 2 is 1.81 bits per heavy atom. The van der Waals surface area contributed by atoms with Gasteiger partial charge in [0.1, 0.15) is 0 Å². The van der Waals surface area contributed by atoms with Gasteiger partial charge in [0.25, 0.3) is 0 Å². The van der Waals surface area contributed by atoms with Gasteiger partial charge in [0.2, 0.25) is 9.84 Å². The van der Waals surface area contributed by atoms with E-state index in [-0.39, 0.29) is 16.0 Å². The highest BCUT2D eigenvalue weighted by Gasteiger charge is 2.29. The van der Waals surface area contributed by atoms with Crippen LogP contribution in [0.5, 0.6) is 0 Å². The Hall–Kier alpha value is -1.21. The molecule has 21 heavy (non-hydrogen) atoms. The second-order valence-electron chi connectivity index (χ2n) is 6.06. The van der Waals surface area contributed by atoms with Crippen molar-refractivity contribution in [1.29, 1.82) is 0 Å². The minimum absolute atomic E-state index is 0.134. The van der Waals surface area contributed by atoms with Crippen LogP contribution in [0, 0.1) is 5.41 Å². The molecule has 1 N–H and O–H groups in total. The second-order valence-corrected chi connectivity index (χ2v) is 7.94. The number of hydrogen-bond acceptors (Lipinski definition) is 4. The molecule has 1 aromatic carbocycles. The lowest BCUT2D eigenvalue weighted by molar-refractivity contribution is 0.234. The lowest BCUT2D eigenvalue weighted by atomic mass is 9.93. The van der Waals surface area contributed by atoms with Crippen LogP contribution in [-0.4, -0.2) is 46.3 Å². The van der Waals surface area contributed by atoms with Gasteiger partial charge in [-0.3, -0.25) is 0 Å². The average molecular weight is 320 g/mol. The van der Waals surface area contributed by atoms with Gasteiger partial charge >= 0.3 is 5.76 Å². The van der Waals surface area contributed by atoms with Gasteiger partial charge in [-0.15, -0.1) is 0 Å². The largest absolute Gasteiger partial charge is 0.383 e. The van der Waals surface area contributed by atoms with Gasteiger partial charge in [0, 0.05) is 13.1 Å². The summed E-state index contributed by atoms with van der Waals surface area (Å²) in [6, 6.07) is 5.75. The zero-order valence-electron chi connectivity index (χ0n) is 12.7. The van der Waals surface area contributed by atoms with Crippen molar-refractivity contribution >= 4 is 15.5 Å². The number of hydrogen-bond donors (Lipinski definition) is 1. The van der Waals surface area contributed by atoms with Gasteiger partial charge in [-0.25, -0.2) is 8.42 Å². The molecule has 0 aliphatic rings. The highest BCUT2D eigenvalue weighted by molar-refractivity contribution is 7.91. The third-order valence-corrected chi connectivity index (χ3v) is 4.37. The molecule has 1 aromatic rings. The molecule has 0 aliphatic carbocycles. The number of rotatable bonds is 7. The first-order valence-corrected chi connectivity index (χ1v) is 8.10. The van der Waals surface area contributed by atoms with Crippen molar-refractivity contribution in [2.24, 2.45) is 5.41 Å². The molecule has 7 heteroatoms. The Morgan fingerprint density at radius 1 is 1.24 bits per heavy atom. The van der Waals surface area contributed by atoms with Crippen LogP contribution >= 0.6 is 0 Å². The standard InChI is InChI=1S/C14H22F2N2O2S/c1-14(2,10-18(3)4)9-17-11-7-5-6-8-12(11)21(19,20)13(15)16/h5-8,13,17H,9-10H2,1-4H3. The number of nitrogens with one attached hydrogen (secondary N) is 1. The van der Waals surface area contributed by atoms with E-state index in [1.165, 1.54) is 18.2 Å². The van der Waals surface area contributed by atoms with Crippen LogP contribution in [0.25, 0.3) is 0 Å². The van der Waals surface area contributed by atoms with Crippen molar-refractivity contribution < 1.29 is 17.2 Å². The molecule has 4 nitrogen and oxygen atoms in total. The van der Waals surface area contributed by atoms with Crippen LogP contribution in [0.3, 0.4) is 0 Å². The van der Waals surface area contributed by atoms with E-state index in [9.17, 15) is 17.2 Å². The van der Waals surface area contributed by atoms with Crippen molar-refractivity contribution in [1.82, 2.24) is 4.90 Å². The summed E-state index contributed by atoms with van der Waals surface area (Å²) < 4.78 is 48.7. The van der Waals surface area contributed by atoms with Crippen LogP contribution in [0.4, 0.5) is 14.5 Å². The number of para-hydroxylation sites is 1. The predicted octanol–water partition coefficient (Wildman–Crippen LogP) is 2.68. The highest BCUT2D eigenvalue weighted by atomic mass is 32.2. The summed E-state index contributed by atoms with van der Waals surface area (Å²) in [5.74, 6) is -3.42. The van der Waals surface area contributed by atoms with Crippen molar-refractivity contribution in [3.8, 4) is 0 Å². The zero-order chi connectivity index (χ0) is 16.3. The minimum atomic E-state index is -4.60. The summed E-state index contributed by atoms with van der Waals surface area (Å²) in [5, 5.41) is 2.98. The maximum atomic E-state index is 12.7. The monoisotopic (exact) mass is 320 g/mol. The Labute approximate surface area is 125 Å². The third-order valence-electron chi connectivity index (χ3n) is 2.93. The second kappa shape index (κ2) is 6.70. The van der Waals surface area contributed by atoms with Crippen LogP contribution in [0.1, 0.15) is 13.8 Å². The van der Waals surface area contributed by atoms with Gasteiger partial charge in [-0.05, 0) is 31.6 Å². The first-order chi connectivity index (χ1) is 9.56. The summed E-state index contributed by atoms with van der Waals surface area (Å²) in [6.07, 6.45) is 0. The molecule has 0 fully saturated rings. The van der Waals surface area contributed by atoms with Crippen molar-refractivity contribution in [2.75, 3.05) is 32.5 Å². The Kier molecular flexibility index (Phi) is 5.69. The van der Waals surface area contributed by atoms with E-state index in [1.807, 2.05) is 32.8 Å². The Morgan fingerprint density at radius 3 is 2.33 bits per heavy atom. The highest BCUT2D eigenvalue weighted by Crippen LogP contribution is 2.27. The quantitative estimate of drug-likeness (QED) is 0.839. The van der Waals surface area contributed by atoms with Crippen LogP contribution in [0.2, 0.25) is 0 Å². The molecule has 1 rings (SSSR count). The average Bonchev–Trinajstić information content (AvgIpc) is 2.35. The van der Waals surface area contributed by atoms with E-state index < -0.39 is 15.6 Å². The van der Waals surface area contributed by atoms with Crippen LogP contribution < -0.4 is 5.32 Å². The molecule has 0 radical (unpaired) electrons. The fourth-order valence-corrected chi connectivity index (χ4v) is 3.11. The maximum absolute atomic E-state index is 12.7. The molecule has 0 unspecified atom stereocenters. The Balaban J connectivity index is 2.96. The molecule has 0 amide bonds. The fourth-order valence-electron chi connectivity index (χ4n) is 2.20. The molecule has 0 aromatic heterocycles. The molecular weight excluding hydrogens is 298 g/mol. The smallest absolute Gasteiger partial charge is 0.341 e. The molecule has 0 bridgehead atoms. The Bertz CT molecular complexity index is 572. The zero-order valence-corrected chi connectivity index (χ0v) is 13.5. The van der Waals surface area contributed by atoms with E-state index in [0.717, 1.165) is 6.54 Å². The molecule has 0 atom stereocenters. The summed E-state index contributed by atoms with van der Waals surface area (Å²) in [4.78, 5) is 1.66. The summed E-state index contributed by atoms with van der Waals surface area (Å²) in [6.45, 7) is 5.29. The number of benzene rings is 1. The predicted molar refractivity (Wildman–Crippen MR) is 80.5 cm³/mol. The van der Waals surface area contributed by atoms with E-state index in [0.29, 0.717) is 6.54 Å². The first-order valence-electron chi connectivity index (χ1n) is 6.56. The van der Waals surface area contributed by atoms with Gasteiger partial charge < -0.3 is 10.2 Å². The fraction of sp³-hybridized carbons (Fsp3) is 0.571. The van der Waals surface area contributed by atoms with E-state index in [1.54, 1.807) is 6.07 Å². The van der Waals surface area contributed by atoms with E-state index in [2.05, 4.69) is 5.32 Å². The van der Waals surface area contributed by atoms with Crippen LogP contribution in [0.15, 0.2) is 29.2 Å². The molecular formula is C14H22F2N2O2S. The summed E-state index contributed by atoms with van der Waals surface area (Å²) in [5.41, 5.74) is 0.0789. The van der Waals surface area contributed by atoms with Crippen molar-refractivity contribution in [3.05, 3.63) is 24.3 Å². The molecule has 0 saturated heterocycles. The number of anilines is 1. The van der Waals surface area contributed by atoms with E-state index >= 15 is 0 Å². The van der Waals surface area contributed by atoms with Crippen molar-refractivity contribution in [3.63, 3.8) is 0 Å². The third kappa shape index (κ3) is 4.93. The van der Waals surface area contributed by atoms with Gasteiger partial charge in [0.15, 0.2) is 0 Å². The molecule has 0 aliphatic heterocycles. The lowest BCUT2D eigenvalue weighted by Crippen LogP contribution is -2.34. The van der Waals surface area contributed by atoms with Crippen LogP contribution in [-0.2, 0) is 9.84 Å². The summed E-state index contributed by atoms with van der Waals surface area (Å²) in [7, 11) is -0.722. The van der Waals surface area contributed by atoms with Gasteiger partial charge in [0.05, 0.1) is 10.6 Å². The minimum Gasteiger partial charge on any atom is -0.383 e. The topological polar surface area (TPSA) is 49.4 Å².